The molecule has 0 spiro atoms. The number of hydrogen-bond acceptors (Lipinski definition) is 2. The number of carbonyl (C=O) groups is 2. The number of aryl methyl sites for hydroxylation is 1. The van der Waals surface area contributed by atoms with Crippen molar-refractivity contribution in [2.45, 2.75) is 52.5 Å². The first-order chi connectivity index (χ1) is 9.88. The summed E-state index contributed by atoms with van der Waals surface area (Å²) in [4.78, 5) is 22.6. The Morgan fingerprint density at radius 3 is 2.57 bits per heavy atom. The molecule has 0 aliphatic heterocycles. The summed E-state index contributed by atoms with van der Waals surface area (Å²) < 4.78 is 0. The SMILES string of the molecule is Cc1cccc(CC(=O)NC(C)CCCC(C)C(=O)O)c1. The standard InChI is InChI=1S/C17H25NO3/c1-12-6-4-9-15(10-12)11-16(19)18-14(3)8-5-7-13(2)17(20)21/h4,6,9-10,13-14H,5,7-8,11H2,1-3H3,(H,18,19)(H,20,21). The fourth-order valence-electron chi connectivity index (χ4n) is 2.26. The molecule has 0 heterocycles. The second kappa shape index (κ2) is 8.45. The smallest absolute Gasteiger partial charge is 0.306 e. The van der Waals surface area contributed by atoms with E-state index >= 15 is 0 Å². The van der Waals surface area contributed by atoms with Gasteiger partial charge in [0.25, 0.3) is 0 Å². The predicted octanol–water partition coefficient (Wildman–Crippen LogP) is 2.93. The normalized spacial score (nSPS) is 13.5. The second-order valence-electron chi connectivity index (χ2n) is 5.80. The fourth-order valence-corrected chi connectivity index (χ4v) is 2.26. The van der Waals surface area contributed by atoms with Crippen LogP contribution in [-0.4, -0.2) is 23.0 Å². The van der Waals surface area contributed by atoms with Crippen LogP contribution in [0.5, 0.6) is 0 Å². The molecule has 1 rings (SSSR count). The molecular formula is C17H25NO3. The van der Waals surface area contributed by atoms with Crippen LogP contribution in [0.4, 0.5) is 0 Å². The number of amides is 1. The summed E-state index contributed by atoms with van der Waals surface area (Å²) in [6.07, 6.45) is 2.64. The van der Waals surface area contributed by atoms with Crippen molar-refractivity contribution >= 4 is 11.9 Å². The predicted molar refractivity (Wildman–Crippen MR) is 83.1 cm³/mol. The van der Waals surface area contributed by atoms with Gasteiger partial charge >= 0.3 is 5.97 Å². The molecular weight excluding hydrogens is 266 g/mol. The van der Waals surface area contributed by atoms with Gasteiger partial charge in [-0.1, -0.05) is 43.2 Å². The van der Waals surface area contributed by atoms with Gasteiger partial charge in [-0.3, -0.25) is 9.59 Å². The van der Waals surface area contributed by atoms with Crippen LogP contribution in [0.3, 0.4) is 0 Å². The number of carbonyl (C=O) groups excluding carboxylic acids is 1. The lowest BCUT2D eigenvalue weighted by atomic mass is 10.0. The van der Waals surface area contributed by atoms with Crippen LogP contribution in [0.2, 0.25) is 0 Å². The maximum Gasteiger partial charge on any atom is 0.306 e. The highest BCUT2D eigenvalue weighted by atomic mass is 16.4. The molecule has 0 bridgehead atoms. The highest BCUT2D eigenvalue weighted by molar-refractivity contribution is 5.78. The minimum Gasteiger partial charge on any atom is -0.481 e. The van der Waals surface area contributed by atoms with Crippen molar-refractivity contribution in [2.24, 2.45) is 5.92 Å². The quantitative estimate of drug-likeness (QED) is 0.774. The minimum atomic E-state index is -0.758. The highest BCUT2D eigenvalue weighted by Gasteiger charge is 2.12. The average molecular weight is 291 g/mol. The molecule has 0 radical (unpaired) electrons. The Labute approximate surface area is 126 Å². The number of benzene rings is 1. The van der Waals surface area contributed by atoms with Crippen molar-refractivity contribution in [3.8, 4) is 0 Å². The van der Waals surface area contributed by atoms with Crippen LogP contribution in [0.15, 0.2) is 24.3 Å². The van der Waals surface area contributed by atoms with Crippen LogP contribution in [0.1, 0.15) is 44.2 Å². The highest BCUT2D eigenvalue weighted by Crippen LogP contribution is 2.10. The molecule has 0 saturated carbocycles. The molecule has 4 nitrogen and oxygen atoms in total. The van der Waals surface area contributed by atoms with Gasteiger partial charge in [-0.25, -0.2) is 0 Å². The van der Waals surface area contributed by atoms with Crippen molar-refractivity contribution in [1.82, 2.24) is 5.32 Å². The van der Waals surface area contributed by atoms with E-state index in [-0.39, 0.29) is 17.9 Å². The molecule has 0 aliphatic rings. The molecule has 2 N–H and O–H groups in total. The van der Waals surface area contributed by atoms with E-state index in [2.05, 4.69) is 5.32 Å². The maximum absolute atomic E-state index is 11.9. The first-order valence-electron chi connectivity index (χ1n) is 7.46. The molecule has 0 aromatic heterocycles. The van der Waals surface area contributed by atoms with E-state index in [9.17, 15) is 9.59 Å². The van der Waals surface area contributed by atoms with Gasteiger partial charge in [0.1, 0.15) is 0 Å². The van der Waals surface area contributed by atoms with Crippen molar-refractivity contribution < 1.29 is 14.7 Å². The van der Waals surface area contributed by atoms with Crippen molar-refractivity contribution in [3.63, 3.8) is 0 Å². The second-order valence-corrected chi connectivity index (χ2v) is 5.80. The lowest BCUT2D eigenvalue weighted by molar-refractivity contribution is -0.141. The molecule has 0 saturated heterocycles. The summed E-state index contributed by atoms with van der Waals surface area (Å²) in [6, 6.07) is 8.00. The lowest BCUT2D eigenvalue weighted by Gasteiger charge is -2.14. The van der Waals surface area contributed by atoms with Gasteiger partial charge < -0.3 is 10.4 Å². The van der Waals surface area contributed by atoms with Crippen LogP contribution in [0, 0.1) is 12.8 Å². The third-order valence-electron chi connectivity index (χ3n) is 3.55. The number of nitrogens with one attached hydrogen (secondary N) is 1. The number of carboxylic acids is 1. The topological polar surface area (TPSA) is 66.4 Å². The van der Waals surface area contributed by atoms with Crippen molar-refractivity contribution in [1.29, 1.82) is 0 Å². The van der Waals surface area contributed by atoms with E-state index in [1.807, 2.05) is 38.1 Å². The zero-order valence-electron chi connectivity index (χ0n) is 13.1. The number of aliphatic carboxylic acids is 1. The van der Waals surface area contributed by atoms with Crippen LogP contribution < -0.4 is 5.32 Å². The molecule has 0 aliphatic carbocycles. The van der Waals surface area contributed by atoms with Gasteiger partial charge in [-0.15, -0.1) is 0 Å². The van der Waals surface area contributed by atoms with E-state index in [4.69, 9.17) is 5.11 Å². The fraction of sp³-hybridized carbons (Fsp3) is 0.529. The summed E-state index contributed by atoms with van der Waals surface area (Å²) >= 11 is 0. The molecule has 2 atom stereocenters. The Morgan fingerprint density at radius 2 is 1.95 bits per heavy atom. The Morgan fingerprint density at radius 1 is 1.24 bits per heavy atom. The maximum atomic E-state index is 11.9. The molecule has 4 heteroatoms. The summed E-state index contributed by atoms with van der Waals surface area (Å²) in [6.45, 7) is 5.68. The van der Waals surface area contributed by atoms with Gasteiger partial charge in [0.05, 0.1) is 12.3 Å². The summed E-state index contributed by atoms with van der Waals surface area (Å²) in [5, 5.41) is 11.8. The lowest BCUT2D eigenvalue weighted by Crippen LogP contribution is -2.33. The van der Waals surface area contributed by atoms with Crippen molar-refractivity contribution in [2.75, 3.05) is 0 Å². The van der Waals surface area contributed by atoms with Gasteiger partial charge in [-0.05, 0) is 32.3 Å². The first kappa shape index (κ1) is 17.2. The zero-order valence-corrected chi connectivity index (χ0v) is 13.1. The van der Waals surface area contributed by atoms with Gasteiger partial charge in [0, 0.05) is 6.04 Å². The van der Waals surface area contributed by atoms with Crippen molar-refractivity contribution in [3.05, 3.63) is 35.4 Å². The Hall–Kier alpha value is -1.84. The molecule has 1 amide bonds. The van der Waals surface area contributed by atoms with Crippen LogP contribution in [-0.2, 0) is 16.0 Å². The Kier molecular flexibility index (Phi) is 6.92. The number of hydrogen-bond donors (Lipinski definition) is 2. The van der Waals surface area contributed by atoms with E-state index in [0.717, 1.165) is 24.0 Å². The first-order valence-corrected chi connectivity index (χ1v) is 7.46. The van der Waals surface area contributed by atoms with E-state index < -0.39 is 5.97 Å². The average Bonchev–Trinajstić information content (AvgIpc) is 2.37. The monoisotopic (exact) mass is 291 g/mol. The third kappa shape index (κ3) is 6.93. The summed E-state index contributed by atoms with van der Waals surface area (Å²) in [7, 11) is 0. The zero-order chi connectivity index (χ0) is 15.8. The third-order valence-corrected chi connectivity index (χ3v) is 3.55. The Bertz CT molecular complexity index is 485. The molecule has 0 fully saturated rings. The largest absolute Gasteiger partial charge is 0.481 e. The molecule has 116 valence electrons. The van der Waals surface area contributed by atoms with Gasteiger partial charge in [0.2, 0.25) is 5.91 Å². The summed E-state index contributed by atoms with van der Waals surface area (Å²) in [5.74, 6) is -1.06. The summed E-state index contributed by atoms with van der Waals surface area (Å²) in [5.41, 5.74) is 2.16. The molecule has 21 heavy (non-hydrogen) atoms. The molecule has 1 aromatic carbocycles. The van der Waals surface area contributed by atoms with Gasteiger partial charge in [0.15, 0.2) is 0 Å². The van der Waals surface area contributed by atoms with Crippen LogP contribution >= 0.6 is 0 Å². The van der Waals surface area contributed by atoms with Gasteiger partial charge in [-0.2, -0.15) is 0 Å². The number of carboxylic acid groups (broad SMARTS) is 1. The van der Waals surface area contributed by atoms with Crippen LogP contribution in [0.25, 0.3) is 0 Å². The van der Waals surface area contributed by atoms with E-state index in [1.165, 1.54) is 0 Å². The molecule has 2 unspecified atom stereocenters. The minimum absolute atomic E-state index is 0.0133. The number of rotatable bonds is 8. The van der Waals surface area contributed by atoms with E-state index in [1.54, 1.807) is 6.92 Å². The van der Waals surface area contributed by atoms with E-state index in [0.29, 0.717) is 12.8 Å². The molecule has 1 aromatic rings. The Balaban J connectivity index is 2.29.